The third kappa shape index (κ3) is 10.1. The summed E-state index contributed by atoms with van der Waals surface area (Å²) in [6.45, 7) is 8.62. The Morgan fingerprint density at radius 3 is 2.54 bits per heavy atom. The Bertz CT molecular complexity index is 645. The van der Waals surface area contributed by atoms with Gasteiger partial charge >= 0.3 is 0 Å². The number of hydrogen-bond donors (Lipinski definition) is 2. The van der Waals surface area contributed by atoms with Gasteiger partial charge in [-0.15, -0.1) is 24.0 Å². The molecule has 0 aliphatic rings. The van der Waals surface area contributed by atoms with Gasteiger partial charge in [-0.25, -0.2) is 0 Å². The highest BCUT2D eigenvalue weighted by Crippen LogP contribution is 2.10. The average molecular weight is 499 g/mol. The molecule has 0 radical (unpaired) electrons. The summed E-state index contributed by atoms with van der Waals surface area (Å²) in [7, 11) is 0. The van der Waals surface area contributed by atoms with Crippen molar-refractivity contribution in [1.82, 2.24) is 10.6 Å². The lowest BCUT2D eigenvalue weighted by Crippen LogP contribution is -2.39. The molecule has 1 unspecified atom stereocenters. The summed E-state index contributed by atoms with van der Waals surface area (Å²) in [5.74, 6) is 1.81. The van der Waals surface area contributed by atoms with Gasteiger partial charge in [0.1, 0.15) is 5.76 Å². The minimum Gasteiger partial charge on any atom is -0.469 e. The Kier molecular flexibility index (Phi) is 12.6. The summed E-state index contributed by atoms with van der Waals surface area (Å²) < 4.78 is 11.0. The van der Waals surface area contributed by atoms with Gasteiger partial charge in [-0.1, -0.05) is 30.3 Å². The lowest BCUT2D eigenvalue weighted by Gasteiger charge is -2.18. The normalized spacial score (nSPS) is 12.5. The smallest absolute Gasteiger partial charge is 0.191 e. The molecule has 2 rings (SSSR count). The monoisotopic (exact) mass is 499 g/mol. The maximum atomic E-state index is 5.59. The first-order valence-corrected chi connectivity index (χ1v) is 9.89. The van der Waals surface area contributed by atoms with E-state index >= 15 is 0 Å². The van der Waals surface area contributed by atoms with Crippen molar-refractivity contribution < 1.29 is 9.15 Å². The number of hydrogen-bond acceptors (Lipinski definition) is 3. The van der Waals surface area contributed by atoms with Gasteiger partial charge in [0.15, 0.2) is 5.96 Å². The van der Waals surface area contributed by atoms with E-state index in [4.69, 9.17) is 14.1 Å². The van der Waals surface area contributed by atoms with Crippen molar-refractivity contribution in [3.63, 3.8) is 0 Å². The Morgan fingerprint density at radius 2 is 1.86 bits per heavy atom. The number of ether oxygens (including phenoxy) is 1. The molecule has 5 nitrogen and oxygen atoms in total. The lowest BCUT2D eigenvalue weighted by atomic mass is 10.1. The molecule has 1 atom stereocenters. The van der Waals surface area contributed by atoms with E-state index in [2.05, 4.69) is 55.7 Å². The van der Waals surface area contributed by atoms with Crippen LogP contribution in [-0.4, -0.2) is 31.8 Å². The molecule has 0 saturated heterocycles. The molecule has 28 heavy (non-hydrogen) atoms. The molecule has 0 spiro atoms. The molecule has 0 aliphatic heterocycles. The number of nitrogens with zero attached hydrogens (tertiary/aromatic N) is 1. The van der Waals surface area contributed by atoms with E-state index in [0.717, 1.165) is 50.7 Å². The van der Waals surface area contributed by atoms with Crippen molar-refractivity contribution in [2.75, 3.05) is 19.7 Å². The summed E-state index contributed by atoms with van der Waals surface area (Å²) in [6, 6.07) is 14.5. The first-order valence-electron chi connectivity index (χ1n) is 9.89. The Balaban J connectivity index is 0.00000392. The number of guanidine groups is 1. The molecule has 0 saturated carbocycles. The van der Waals surface area contributed by atoms with Crippen LogP contribution in [0.5, 0.6) is 0 Å². The number of rotatable bonds is 11. The van der Waals surface area contributed by atoms with E-state index in [0.29, 0.717) is 6.10 Å². The van der Waals surface area contributed by atoms with Crippen molar-refractivity contribution in [3.05, 3.63) is 60.1 Å². The van der Waals surface area contributed by atoms with Gasteiger partial charge in [0.2, 0.25) is 0 Å². The minimum atomic E-state index is 0. The molecule has 1 heterocycles. The molecule has 0 bridgehead atoms. The first-order chi connectivity index (χ1) is 13.1. The van der Waals surface area contributed by atoms with Crippen LogP contribution in [0.2, 0.25) is 0 Å². The standard InChI is InChI=1S/C22H33N3O2.HI/c1-18(2)26-16-8-7-14-23-22(24-15-13-21-12-9-17-27-21)25-19(3)20-10-5-4-6-11-20;/h4-6,9-12,17-19H,7-8,13-16H2,1-3H3,(H2,23,24,25);1H. The second-order valence-corrected chi connectivity index (χ2v) is 6.89. The lowest BCUT2D eigenvalue weighted by molar-refractivity contribution is 0.0763. The average Bonchev–Trinajstić information content (AvgIpc) is 3.18. The van der Waals surface area contributed by atoms with Gasteiger partial charge in [-0.2, -0.15) is 0 Å². The van der Waals surface area contributed by atoms with Crippen LogP contribution in [0.15, 0.2) is 58.1 Å². The number of halogens is 1. The van der Waals surface area contributed by atoms with Crippen molar-refractivity contribution in [3.8, 4) is 0 Å². The minimum absolute atomic E-state index is 0. The zero-order valence-corrected chi connectivity index (χ0v) is 19.5. The molecule has 6 heteroatoms. The molecule has 2 aromatic rings. The first kappa shape index (κ1) is 24.5. The Labute approximate surface area is 186 Å². The Hall–Kier alpha value is -1.54. The molecule has 2 N–H and O–H groups in total. The maximum absolute atomic E-state index is 5.59. The number of furan rings is 1. The SMILES string of the molecule is CC(C)OCCCCN=C(NCCc1ccco1)NC(C)c1ccccc1.I. The quantitative estimate of drug-likeness (QED) is 0.199. The van der Waals surface area contributed by atoms with Crippen LogP contribution in [0.25, 0.3) is 0 Å². The Morgan fingerprint density at radius 1 is 1.07 bits per heavy atom. The van der Waals surface area contributed by atoms with E-state index in [1.165, 1.54) is 5.56 Å². The predicted octanol–water partition coefficient (Wildman–Crippen LogP) is 4.94. The zero-order chi connectivity index (χ0) is 19.3. The molecule has 0 fully saturated rings. The third-order valence-electron chi connectivity index (χ3n) is 4.17. The van der Waals surface area contributed by atoms with Crippen LogP contribution in [0.4, 0.5) is 0 Å². The summed E-state index contributed by atoms with van der Waals surface area (Å²) in [4.78, 5) is 4.73. The predicted molar refractivity (Wildman–Crippen MR) is 126 cm³/mol. The summed E-state index contributed by atoms with van der Waals surface area (Å²) >= 11 is 0. The third-order valence-corrected chi connectivity index (χ3v) is 4.17. The zero-order valence-electron chi connectivity index (χ0n) is 17.2. The van der Waals surface area contributed by atoms with Crippen molar-refractivity contribution >= 4 is 29.9 Å². The fraction of sp³-hybridized carbons (Fsp3) is 0.500. The fourth-order valence-electron chi connectivity index (χ4n) is 2.67. The molecule has 0 amide bonds. The van der Waals surface area contributed by atoms with Gasteiger partial charge in [0.05, 0.1) is 18.4 Å². The van der Waals surface area contributed by atoms with Crippen LogP contribution >= 0.6 is 24.0 Å². The van der Waals surface area contributed by atoms with Gasteiger partial charge in [0.25, 0.3) is 0 Å². The number of benzene rings is 1. The molecule has 1 aromatic heterocycles. The van der Waals surface area contributed by atoms with Crippen molar-refractivity contribution in [2.45, 2.75) is 52.2 Å². The van der Waals surface area contributed by atoms with Crippen LogP contribution in [0, 0.1) is 0 Å². The second-order valence-electron chi connectivity index (χ2n) is 6.89. The molecule has 0 aliphatic carbocycles. The van der Waals surface area contributed by atoms with E-state index in [1.54, 1.807) is 6.26 Å². The van der Waals surface area contributed by atoms with Crippen LogP contribution in [0.1, 0.15) is 51.0 Å². The van der Waals surface area contributed by atoms with E-state index in [1.807, 2.05) is 18.2 Å². The molecule has 1 aromatic carbocycles. The van der Waals surface area contributed by atoms with Crippen molar-refractivity contribution in [1.29, 1.82) is 0 Å². The van der Waals surface area contributed by atoms with E-state index in [9.17, 15) is 0 Å². The van der Waals surface area contributed by atoms with Crippen molar-refractivity contribution in [2.24, 2.45) is 4.99 Å². The largest absolute Gasteiger partial charge is 0.469 e. The molecular formula is C22H34IN3O2. The summed E-state index contributed by atoms with van der Waals surface area (Å²) in [6.07, 6.45) is 4.86. The maximum Gasteiger partial charge on any atom is 0.191 e. The van der Waals surface area contributed by atoms with Crippen LogP contribution < -0.4 is 10.6 Å². The topological polar surface area (TPSA) is 58.8 Å². The fourth-order valence-corrected chi connectivity index (χ4v) is 2.67. The number of unbranched alkanes of at least 4 members (excludes halogenated alkanes) is 1. The highest BCUT2D eigenvalue weighted by Gasteiger charge is 2.08. The van der Waals surface area contributed by atoms with Gasteiger partial charge < -0.3 is 19.8 Å². The van der Waals surface area contributed by atoms with Gasteiger partial charge in [0, 0.05) is 26.1 Å². The number of aliphatic imine (C=N–C) groups is 1. The second kappa shape index (κ2) is 14.5. The van der Waals surface area contributed by atoms with Gasteiger partial charge in [-0.05, 0) is 51.3 Å². The highest BCUT2D eigenvalue weighted by atomic mass is 127. The van der Waals surface area contributed by atoms with Crippen LogP contribution in [-0.2, 0) is 11.2 Å². The summed E-state index contributed by atoms with van der Waals surface area (Å²) in [5.41, 5.74) is 1.24. The molecular weight excluding hydrogens is 465 g/mol. The van der Waals surface area contributed by atoms with Gasteiger partial charge in [-0.3, -0.25) is 4.99 Å². The van der Waals surface area contributed by atoms with E-state index in [-0.39, 0.29) is 30.0 Å². The summed E-state index contributed by atoms with van der Waals surface area (Å²) in [5, 5.41) is 6.91. The van der Waals surface area contributed by atoms with Crippen LogP contribution in [0.3, 0.4) is 0 Å². The highest BCUT2D eigenvalue weighted by molar-refractivity contribution is 14.0. The number of nitrogens with one attached hydrogen (secondary N) is 2. The molecule has 156 valence electrons. The van der Waals surface area contributed by atoms with E-state index < -0.39 is 0 Å².